The van der Waals surface area contributed by atoms with E-state index in [0.29, 0.717) is 22.3 Å². The van der Waals surface area contributed by atoms with Gasteiger partial charge >= 0.3 is 0 Å². The minimum atomic E-state index is -0.121. The van der Waals surface area contributed by atoms with E-state index in [2.05, 4.69) is 50.5 Å². The Morgan fingerprint density at radius 3 is 2.39 bits per heavy atom. The molecule has 3 atom stereocenters. The van der Waals surface area contributed by atoms with Gasteiger partial charge in [0.05, 0.1) is 10.7 Å². The van der Waals surface area contributed by atoms with E-state index in [0.717, 1.165) is 39.3 Å². The van der Waals surface area contributed by atoms with E-state index in [-0.39, 0.29) is 17.4 Å². The standard InChI is InChI=1S/C21H26ClN5O/c1-14-17(22)18(25(2)24-14)20(28)23-19-15-10-26-8-9-27(11-15)13-21(19,12-26)16-6-4-3-5-7-16/h3-7,15,19H,8-13H2,1-2H3,(H,23,28)/t15?,19-,21?/m1/s1. The van der Waals surface area contributed by atoms with Crippen molar-refractivity contribution < 1.29 is 4.79 Å². The van der Waals surface area contributed by atoms with Gasteiger partial charge in [-0.25, -0.2) is 0 Å². The van der Waals surface area contributed by atoms with E-state index in [9.17, 15) is 4.79 Å². The zero-order chi connectivity index (χ0) is 19.5. The van der Waals surface area contributed by atoms with Gasteiger partial charge in [0, 0.05) is 63.7 Å². The van der Waals surface area contributed by atoms with Crippen LogP contribution in [0.4, 0.5) is 0 Å². The van der Waals surface area contributed by atoms with Crippen LogP contribution in [0.5, 0.6) is 0 Å². The van der Waals surface area contributed by atoms with Gasteiger partial charge in [-0.2, -0.15) is 5.10 Å². The minimum absolute atomic E-state index is 0.0827. The summed E-state index contributed by atoms with van der Waals surface area (Å²) in [6, 6.07) is 10.8. The third-order valence-corrected chi connectivity index (χ3v) is 7.25. The normalized spacial score (nSPS) is 33.7. The molecule has 0 aliphatic carbocycles. The van der Waals surface area contributed by atoms with Crippen LogP contribution in [-0.4, -0.2) is 70.8 Å². The Morgan fingerprint density at radius 1 is 1.18 bits per heavy atom. The SMILES string of the molecule is Cc1nn(C)c(C(=O)N[C@@H]2C3CN4CCN(C3)CC2(c2ccccc2)C4)c1Cl. The molecule has 4 fully saturated rings. The number of fused-ring (bicyclic) bond motifs is 1. The van der Waals surface area contributed by atoms with Crippen LogP contribution >= 0.6 is 11.6 Å². The van der Waals surface area contributed by atoms with E-state index in [1.54, 1.807) is 11.7 Å². The minimum Gasteiger partial charge on any atom is -0.347 e. The topological polar surface area (TPSA) is 53.4 Å². The number of piperidine rings is 2. The van der Waals surface area contributed by atoms with Crippen LogP contribution in [0, 0.1) is 12.8 Å². The second-order valence-corrected chi connectivity index (χ2v) is 8.95. The highest BCUT2D eigenvalue weighted by molar-refractivity contribution is 6.34. The van der Waals surface area contributed by atoms with Crippen LogP contribution in [0.3, 0.4) is 0 Å². The monoisotopic (exact) mass is 399 g/mol. The number of amides is 1. The second-order valence-electron chi connectivity index (χ2n) is 8.58. The summed E-state index contributed by atoms with van der Waals surface area (Å²) < 4.78 is 1.59. The van der Waals surface area contributed by atoms with Crippen LogP contribution < -0.4 is 5.32 Å². The van der Waals surface area contributed by atoms with Crippen molar-refractivity contribution in [2.45, 2.75) is 18.4 Å². The number of aromatic nitrogens is 2. The molecule has 4 aliphatic rings. The molecule has 1 N–H and O–H groups in total. The van der Waals surface area contributed by atoms with E-state index in [1.807, 2.05) is 6.92 Å². The molecule has 148 valence electrons. The first-order chi connectivity index (χ1) is 13.5. The van der Waals surface area contributed by atoms with Gasteiger partial charge < -0.3 is 15.1 Å². The lowest BCUT2D eigenvalue weighted by atomic mass is 9.64. The summed E-state index contributed by atoms with van der Waals surface area (Å²) in [5.41, 5.74) is 2.35. The maximum absolute atomic E-state index is 13.3. The number of nitrogens with zero attached hydrogens (tertiary/aromatic N) is 4. The maximum Gasteiger partial charge on any atom is 0.271 e. The predicted molar refractivity (Wildman–Crippen MR) is 109 cm³/mol. The molecule has 6 nitrogen and oxygen atoms in total. The highest BCUT2D eigenvalue weighted by Crippen LogP contribution is 2.43. The van der Waals surface area contributed by atoms with Crippen molar-refractivity contribution in [3.05, 3.63) is 52.3 Å². The Bertz CT molecular complexity index is 895. The van der Waals surface area contributed by atoms with Crippen molar-refractivity contribution in [2.75, 3.05) is 39.3 Å². The highest BCUT2D eigenvalue weighted by atomic mass is 35.5. The molecule has 0 saturated carbocycles. The van der Waals surface area contributed by atoms with Crippen molar-refractivity contribution in [2.24, 2.45) is 13.0 Å². The fourth-order valence-corrected chi connectivity index (χ4v) is 5.90. The van der Waals surface area contributed by atoms with Crippen molar-refractivity contribution in [3.63, 3.8) is 0 Å². The first-order valence-corrected chi connectivity index (χ1v) is 10.4. The van der Waals surface area contributed by atoms with Crippen molar-refractivity contribution in [1.29, 1.82) is 0 Å². The zero-order valence-corrected chi connectivity index (χ0v) is 17.1. The third kappa shape index (κ3) is 2.70. The van der Waals surface area contributed by atoms with Gasteiger partial charge in [-0.1, -0.05) is 41.9 Å². The lowest BCUT2D eigenvalue weighted by Crippen LogP contribution is -2.70. The molecule has 2 unspecified atom stereocenters. The molecule has 1 aromatic heterocycles. The number of hydrogen-bond donors (Lipinski definition) is 1. The van der Waals surface area contributed by atoms with Gasteiger partial charge in [0.15, 0.2) is 0 Å². The number of benzene rings is 1. The predicted octanol–water partition coefficient (Wildman–Crippen LogP) is 1.68. The van der Waals surface area contributed by atoms with E-state index in [1.165, 1.54) is 5.56 Å². The fourth-order valence-electron chi connectivity index (χ4n) is 5.66. The summed E-state index contributed by atoms with van der Waals surface area (Å²) in [4.78, 5) is 18.4. The fraction of sp³-hybridized carbons (Fsp3) is 0.524. The Labute approximate surface area is 170 Å². The molecule has 1 aromatic carbocycles. The van der Waals surface area contributed by atoms with Crippen molar-refractivity contribution in [3.8, 4) is 0 Å². The number of aryl methyl sites for hydroxylation is 2. The summed E-state index contributed by atoms with van der Waals surface area (Å²) in [6.07, 6.45) is 0. The van der Waals surface area contributed by atoms with E-state index in [4.69, 9.17) is 11.6 Å². The molecule has 2 aromatic rings. The molecule has 5 heterocycles. The Balaban J connectivity index is 1.54. The molecule has 0 radical (unpaired) electrons. The van der Waals surface area contributed by atoms with E-state index < -0.39 is 0 Å². The Morgan fingerprint density at radius 2 is 1.82 bits per heavy atom. The molecule has 1 amide bonds. The van der Waals surface area contributed by atoms with Crippen molar-refractivity contribution in [1.82, 2.24) is 24.9 Å². The zero-order valence-electron chi connectivity index (χ0n) is 16.4. The largest absolute Gasteiger partial charge is 0.347 e. The molecule has 4 saturated heterocycles. The van der Waals surface area contributed by atoms with Gasteiger partial charge in [0.1, 0.15) is 5.69 Å². The second kappa shape index (κ2) is 6.58. The quantitative estimate of drug-likeness (QED) is 0.853. The average molecular weight is 400 g/mol. The number of nitrogens with one attached hydrogen (secondary N) is 1. The van der Waals surface area contributed by atoms with Crippen LogP contribution in [0.15, 0.2) is 30.3 Å². The summed E-state index contributed by atoms with van der Waals surface area (Å²) in [6.45, 7) is 8.08. The summed E-state index contributed by atoms with van der Waals surface area (Å²) >= 11 is 6.39. The average Bonchev–Trinajstić information content (AvgIpc) is 2.81. The lowest BCUT2D eigenvalue weighted by Gasteiger charge is -2.55. The van der Waals surface area contributed by atoms with E-state index >= 15 is 0 Å². The smallest absolute Gasteiger partial charge is 0.271 e. The third-order valence-electron chi connectivity index (χ3n) is 6.80. The molecule has 7 heteroatoms. The Hall–Kier alpha value is -1.89. The number of rotatable bonds is 3. The van der Waals surface area contributed by atoms with Gasteiger partial charge in [0.2, 0.25) is 0 Å². The van der Waals surface area contributed by atoms with Crippen LogP contribution in [0.2, 0.25) is 5.02 Å². The molecule has 0 spiro atoms. The van der Waals surface area contributed by atoms with Crippen LogP contribution in [-0.2, 0) is 12.5 Å². The first-order valence-electron chi connectivity index (χ1n) is 9.98. The molecular formula is C21H26ClN5O. The summed E-state index contributed by atoms with van der Waals surface area (Å²) in [5, 5.41) is 8.16. The van der Waals surface area contributed by atoms with Crippen LogP contribution in [0.1, 0.15) is 21.7 Å². The number of halogens is 1. The molecule has 28 heavy (non-hydrogen) atoms. The van der Waals surface area contributed by atoms with Crippen LogP contribution in [0.25, 0.3) is 0 Å². The van der Waals surface area contributed by atoms with Gasteiger partial charge in [-0.3, -0.25) is 9.48 Å². The molecule has 4 bridgehead atoms. The van der Waals surface area contributed by atoms with Gasteiger partial charge in [-0.05, 0) is 12.5 Å². The maximum atomic E-state index is 13.3. The first kappa shape index (κ1) is 18.2. The summed E-state index contributed by atoms with van der Waals surface area (Å²) in [5.74, 6) is 0.284. The summed E-state index contributed by atoms with van der Waals surface area (Å²) in [7, 11) is 1.78. The highest BCUT2D eigenvalue weighted by Gasteiger charge is 2.55. The Kier molecular flexibility index (Phi) is 4.27. The molecular weight excluding hydrogens is 374 g/mol. The van der Waals surface area contributed by atoms with Crippen molar-refractivity contribution >= 4 is 17.5 Å². The number of hydrogen-bond acceptors (Lipinski definition) is 4. The molecule has 4 aliphatic heterocycles. The molecule has 6 rings (SSSR count). The van der Waals surface area contributed by atoms with Gasteiger partial charge in [-0.15, -0.1) is 0 Å². The van der Waals surface area contributed by atoms with Gasteiger partial charge in [0.25, 0.3) is 5.91 Å². The number of carbonyl (C=O) groups excluding carboxylic acids is 1. The lowest BCUT2D eigenvalue weighted by molar-refractivity contribution is 0.0178. The number of carbonyl (C=O) groups is 1.